The molecule has 0 aromatic heterocycles. The van der Waals surface area contributed by atoms with Gasteiger partial charge in [-0.25, -0.2) is 0 Å². The van der Waals surface area contributed by atoms with Crippen LogP contribution in [0.15, 0.2) is 0 Å². The SMILES string of the molecule is C1CCOC1.[AlH3].[LiH]. The molecule has 0 atom stereocenters. The first-order chi connectivity index (χ1) is 2.50. The second-order valence-corrected chi connectivity index (χ2v) is 1.32. The molecule has 1 aliphatic heterocycles. The third-order valence-electron chi connectivity index (χ3n) is 0.827. The van der Waals surface area contributed by atoms with E-state index in [1.807, 2.05) is 0 Å². The standard InChI is InChI=1S/C4H8O.Al.Li.4H/c1-2-4-5-3-1;;;;;;/h1-4H2;;;;;;. The van der Waals surface area contributed by atoms with Crippen LogP contribution >= 0.6 is 0 Å². The molecule has 1 rings (SSSR count). The van der Waals surface area contributed by atoms with Gasteiger partial charge in [0.1, 0.15) is 0 Å². The van der Waals surface area contributed by atoms with Crippen LogP contribution in [0.25, 0.3) is 0 Å². The van der Waals surface area contributed by atoms with E-state index < -0.39 is 0 Å². The maximum absolute atomic E-state index is 4.94. The summed E-state index contributed by atoms with van der Waals surface area (Å²) >= 11 is 0. The van der Waals surface area contributed by atoms with Crippen molar-refractivity contribution < 1.29 is 4.74 Å². The van der Waals surface area contributed by atoms with Gasteiger partial charge in [-0.1, -0.05) is 0 Å². The topological polar surface area (TPSA) is 9.23 Å². The Bertz CT molecular complexity index is 23.3. The predicted molar refractivity (Wildman–Crippen MR) is 37.1 cm³/mol. The van der Waals surface area contributed by atoms with Gasteiger partial charge in [0, 0.05) is 13.2 Å². The average Bonchev–Trinajstić information content (AvgIpc) is 1.76. The van der Waals surface area contributed by atoms with Crippen molar-refractivity contribution in [2.24, 2.45) is 0 Å². The summed E-state index contributed by atoms with van der Waals surface area (Å²) < 4.78 is 4.94. The van der Waals surface area contributed by atoms with Crippen LogP contribution in [0.5, 0.6) is 0 Å². The van der Waals surface area contributed by atoms with Gasteiger partial charge in [0.15, 0.2) is 17.4 Å². The van der Waals surface area contributed by atoms with Crippen LogP contribution in [0.1, 0.15) is 12.8 Å². The zero-order valence-corrected chi connectivity index (χ0v) is 3.24. The van der Waals surface area contributed by atoms with E-state index in [2.05, 4.69) is 0 Å². The summed E-state index contributed by atoms with van der Waals surface area (Å²) in [5.74, 6) is 0. The van der Waals surface area contributed by atoms with Crippen molar-refractivity contribution in [1.82, 2.24) is 0 Å². The summed E-state index contributed by atoms with van der Waals surface area (Å²) in [7, 11) is 0. The van der Waals surface area contributed by atoms with Gasteiger partial charge in [-0.3, -0.25) is 0 Å². The van der Waals surface area contributed by atoms with E-state index in [0.29, 0.717) is 0 Å². The summed E-state index contributed by atoms with van der Waals surface area (Å²) in [6.07, 6.45) is 2.56. The Morgan fingerprint density at radius 2 is 1.43 bits per heavy atom. The van der Waals surface area contributed by atoms with E-state index in [1.165, 1.54) is 12.8 Å². The van der Waals surface area contributed by atoms with E-state index in [1.54, 1.807) is 0 Å². The minimum atomic E-state index is 0. The maximum atomic E-state index is 4.94. The summed E-state index contributed by atoms with van der Waals surface area (Å²) in [6, 6.07) is 0. The summed E-state index contributed by atoms with van der Waals surface area (Å²) in [5.41, 5.74) is 0. The summed E-state index contributed by atoms with van der Waals surface area (Å²) in [4.78, 5) is 0. The van der Waals surface area contributed by atoms with E-state index in [9.17, 15) is 0 Å². The van der Waals surface area contributed by atoms with Gasteiger partial charge in [-0.15, -0.1) is 0 Å². The van der Waals surface area contributed by atoms with Gasteiger partial charge in [0.2, 0.25) is 0 Å². The van der Waals surface area contributed by atoms with Crippen LogP contribution in [0, 0.1) is 0 Å². The molecule has 3 heteroatoms. The van der Waals surface area contributed by atoms with Crippen LogP contribution in [0.2, 0.25) is 0 Å². The molecule has 0 aromatic carbocycles. The van der Waals surface area contributed by atoms with Gasteiger partial charge in [-0.05, 0) is 12.8 Å². The normalized spacial score (nSPS) is 17.1. The van der Waals surface area contributed by atoms with Crippen LogP contribution in [0.3, 0.4) is 0 Å². The summed E-state index contributed by atoms with van der Waals surface area (Å²) in [6.45, 7) is 2.00. The number of hydrogen-bond donors (Lipinski definition) is 0. The molecular formula is C4H12AlLiO. The van der Waals surface area contributed by atoms with E-state index in [-0.39, 0.29) is 36.2 Å². The van der Waals surface area contributed by atoms with E-state index in [0.717, 1.165) is 13.2 Å². The van der Waals surface area contributed by atoms with Crippen LogP contribution in [0.4, 0.5) is 0 Å². The molecule has 0 bridgehead atoms. The molecule has 0 spiro atoms. The Morgan fingerprint density at radius 1 is 1.00 bits per heavy atom. The Hall–Kier alpha value is 1.09. The molecule has 1 aliphatic rings. The van der Waals surface area contributed by atoms with Gasteiger partial charge in [-0.2, -0.15) is 0 Å². The van der Waals surface area contributed by atoms with E-state index in [4.69, 9.17) is 4.74 Å². The van der Waals surface area contributed by atoms with Crippen LogP contribution in [-0.2, 0) is 4.74 Å². The number of hydrogen-bond acceptors (Lipinski definition) is 1. The van der Waals surface area contributed by atoms with Crippen LogP contribution in [-0.4, -0.2) is 49.4 Å². The molecule has 7 heavy (non-hydrogen) atoms. The van der Waals surface area contributed by atoms with Gasteiger partial charge < -0.3 is 4.74 Å². The molecule has 1 nitrogen and oxygen atoms in total. The first-order valence-electron chi connectivity index (χ1n) is 2.08. The Kier molecular flexibility index (Phi) is 11.1. The monoisotopic (exact) mass is 110 g/mol. The zero-order chi connectivity index (χ0) is 3.54. The molecule has 0 saturated carbocycles. The fourth-order valence-corrected chi connectivity index (χ4v) is 0.510. The molecule has 1 saturated heterocycles. The second kappa shape index (κ2) is 7.09. The molecule has 0 aliphatic carbocycles. The quantitative estimate of drug-likeness (QED) is 0.362. The molecular weight excluding hydrogens is 98.0 g/mol. The van der Waals surface area contributed by atoms with E-state index >= 15 is 0 Å². The Morgan fingerprint density at radius 3 is 1.57 bits per heavy atom. The van der Waals surface area contributed by atoms with Gasteiger partial charge >= 0.3 is 18.9 Å². The summed E-state index contributed by atoms with van der Waals surface area (Å²) in [5, 5.41) is 0. The Labute approximate surface area is 67.1 Å². The van der Waals surface area contributed by atoms with Crippen molar-refractivity contribution in [2.45, 2.75) is 12.8 Å². The molecule has 0 aromatic rings. The van der Waals surface area contributed by atoms with Crippen molar-refractivity contribution in [3.8, 4) is 0 Å². The van der Waals surface area contributed by atoms with Crippen molar-refractivity contribution >= 4 is 36.2 Å². The molecule has 0 N–H and O–H groups in total. The fourth-order valence-electron chi connectivity index (χ4n) is 0.510. The van der Waals surface area contributed by atoms with Gasteiger partial charge in [0.05, 0.1) is 0 Å². The van der Waals surface area contributed by atoms with Crippen molar-refractivity contribution in [3.63, 3.8) is 0 Å². The predicted octanol–water partition coefficient (Wildman–Crippen LogP) is -1.04. The third-order valence-corrected chi connectivity index (χ3v) is 0.827. The van der Waals surface area contributed by atoms with Crippen LogP contribution < -0.4 is 0 Å². The van der Waals surface area contributed by atoms with Gasteiger partial charge in [0.25, 0.3) is 0 Å². The molecule has 38 valence electrons. The Balaban J connectivity index is 0. The number of ether oxygens (including phenoxy) is 1. The number of rotatable bonds is 0. The molecule has 1 fully saturated rings. The fraction of sp³-hybridized carbons (Fsp3) is 1.00. The molecule has 0 unspecified atom stereocenters. The van der Waals surface area contributed by atoms with Crippen molar-refractivity contribution in [3.05, 3.63) is 0 Å². The first-order valence-corrected chi connectivity index (χ1v) is 2.08. The first kappa shape index (κ1) is 11.0. The zero-order valence-electron chi connectivity index (χ0n) is 3.24. The average molecular weight is 110 g/mol. The molecule has 0 amide bonds. The molecule has 0 radical (unpaired) electrons. The third kappa shape index (κ3) is 4.95. The minimum absolute atomic E-state index is 0. The second-order valence-electron chi connectivity index (χ2n) is 1.32. The van der Waals surface area contributed by atoms with Crippen molar-refractivity contribution in [1.29, 1.82) is 0 Å². The van der Waals surface area contributed by atoms with Crippen molar-refractivity contribution in [2.75, 3.05) is 13.2 Å². The molecule has 1 heterocycles.